The highest BCUT2D eigenvalue weighted by molar-refractivity contribution is 6.33. The van der Waals surface area contributed by atoms with E-state index in [0.717, 1.165) is 0 Å². The zero-order chi connectivity index (χ0) is 19.5. The standard InChI is InChI=1S/C21H19ClN4O2/c22-19-18(25-20(27)16-9-11-23-12-10-16)13-24-26(21(19)28)17-7-5-15(6-8-17)14-3-1-2-4-14/h5-14H,1-4H2,(H,25,27). The van der Waals surface area contributed by atoms with Crippen LogP contribution in [-0.2, 0) is 0 Å². The van der Waals surface area contributed by atoms with Crippen molar-refractivity contribution in [2.45, 2.75) is 31.6 Å². The van der Waals surface area contributed by atoms with Gasteiger partial charge in [0.15, 0.2) is 0 Å². The predicted molar refractivity (Wildman–Crippen MR) is 108 cm³/mol. The highest BCUT2D eigenvalue weighted by Crippen LogP contribution is 2.34. The van der Waals surface area contributed by atoms with Crippen molar-refractivity contribution in [3.63, 3.8) is 0 Å². The molecular formula is C21H19ClN4O2. The number of benzene rings is 1. The number of aromatic nitrogens is 3. The fourth-order valence-corrected chi connectivity index (χ4v) is 3.72. The summed E-state index contributed by atoms with van der Waals surface area (Å²) in [6, 6.07) is 11.0. The van der Waals surface area contributed by atoms with Crippen LogP contribution < -0.4 is 10.9 Å². The number of pyridine rings is 1. The molecule has 2 heterocycles. The molecule has 4 rings (SSSR count). The van der Waals surface area contributed by atoms with Crippen LogP contribution in [0.3, 0.4) is 0 Å². The number of nitrogens with zero attached hydrogens (tertiary/aromatic N) is 3. The second-order valence-corrected chi connectivity index (χ2v) is 7.23. The summed E-state index contributed by atoms with van der Waals surface area (Å²) in [4.78, 5) is 28.8. The summed E-state index contributed by atoms with van der Waals surface area (Å²) in [5.74, 6) is 0.220. The lowest BCUT2D eigenvalue weighted by Gasteiger charge is -2.12. The highest BCUT2D eigenvalue weighted by atomic mass is 35.5. The van der Waals surface area contributed by atoms with Gasteiger partial charge in [-0.15, -0.1) is 0 Å². The predicted octanol–water partition coefficient (Wildman–Crippen LogP) is 4.19. The Hall–Kier alpha value is -2.99. The van der Waals surface area contributed by atoms with Gasteiger partial charge in [0.2, 0.25) is 0 Å². The number of hydrogen-bond donors (Lipinski definition) is 1. The number of amides is 1. The van der Waals surface area contributed by atoms with Gasteiger partial charge >= 0.3 is 0 Å². The maximum absolute atomic E-state index is 12.7. The molecular weight excluding hydrogens is 376 g/mol. The molecule has 1 aliphatic carbocycles. The molecule has 1 amide bonds. The van der Waals surface area contributed by atoms with Gasteiger partial charge in [-0.25, -0.2) is 0 Å². The van der Waals surface area contributed by atoms with Crippen molar-refractivity contribution in [2.24, 2.45) is 0 Å². The SMILES string of the molecule is O=C(Nc1cnn(-c2ccc(C3CCCC3)cc2)c(=O)c1Cl)c1ccncc1. The minimum Gasteiger partial charge on any atom is -0.319 e. The average Bonchev–Trinajstić information content (AvgIpc) is 3.27. The Morgan fingerprint density at radius 1 is 1.07 bits per heavy atom. The van der Waals surface area contributed by atoms with E-state index in [4.69, 9.17) is 11.6 Å². The van der Waals surface area contributed by atoms with Crippen molar-refractivity contribution >= 4 is 23.2 Å². The Morgan fingerprint density at radius 2 is 1.75 bits per heavy atom. The third kappa shape index (κ3) is 3.68. The summed E-state index contributed by atoms with van der Waals surface area (Å²) in [5.41, 5.74) is 2.04. The van der Waals surface area contributed by atoms with Crippen LogP contribution in [0.2, 0.25) is 5.02 Å². The molecule has 3 aromatic rings. The first kappa shape index (κ1) is 18.4. The molecule has 1 N–H and O–H groups in total. The minimum absolute atomic E-state index is 0.0859. The van der Waals surface area contributed by atoms with Crippen LogP contribution in [0.4, 0.5) is 5.69 Å². The molecule has 0 bridgehead atoms. The number of carbonyl (C=O) groups is 1. The Kier molecular flexibility index (Phi) is 5.21. The van der Waals surface area contributed by atoms with E-state index in [9.17, 15) is 9.59 Å². The fourth-order valence-electron chi connectivity index (χ4n) is 3.55. The largest absolute Gasteiger partial charge is 0.319 e. The summed E-state index contributed by atoms with van der Waals surface area (Å²) in [6.07, 6.45) is 9.40. The Morgan fingerprint density at radius 3 is 2.43 bits per heavy atom. The lowest BCUT2D eigenvalue weighted by molar-refractivity contribution is 0.102. The van der Waals surface area contributed by atoms with Crippen molar-refractivity contribution in [3.05, 3.63) is 81.5 Å². The number of anilines is 1. The van der Waals surface area contributed by atoms with Crippen molar-refractivity contribution < 1.29 is 4.79 Å². The molecule has 0 radical (unpaired) electrons. The van der Waals surface area contributed by atoms with E-state index in [1.807, 2.05) is 24.3 Å². The second-order valence-electron chi connectivity index (χ2n) is 6.85. The smallest absolute Gasteiger partial charge is 0.292 e. The fraction of sp³-hybridized carbons (Fsp3) is 0.238. The number of nitrogens with one attached hydrogen (secondary N) is 1. The minimum atomic E-state index is -0.484. The molecule has 1 fully saturated rings. The Bertz CT molecular complexity index is 1040. The number of hydrogen-bond acceptors (Lipinski definition) is 4. The third-order valence-corrected chi connectivity index (χ3v) is 5.44. The molecule has 142 valence electrons. The lowest BCUT2D eigenvalue weighted by atomic mass is 9.98. The van der Waals surface area contributed by atoms with Gasteiger partial charge in [-0.3, -0.25) is 14.6 Å². The molecule has 0 aliphatic heterocycles. The van der Waals surface area contributed by atoms with E-state index < -0.39 is 5.56 Å². The number of rotatable bonds is 4. The molecule has 0 unspecified atom stereocenters. The maximum atomic E-state index is 12.7. The average molecular weight is 395 g/mol. The summed E-state index contributed by atoms with van der Waals surface area (Å²) in [6.45, 7) is 0. The van der Waals surface area contributed by atoms with Crippen molar-refractivity contribution in [1.82, 2.24) is 14.8 Å². The van der Waals surface area contributed by atoms with Gasteiger partial charge in [-0.1, -0.05) is 36.6 Å². The zero-order valence-electron chi connectivity index (χ0n) is 15.1. The summed E-state index contributed by atoms with van der Waals surface area (Å²) in [5, 5.41) is 6.71. The van der Waals surface area contributed by atoms with Crippen molar-refractivity contribution in [2.75, 3.05) is 5.32 Å². The normalized spacial score (nSPS) is 14.2. The van der Waals surface area contributed by atoms with Crippen molar-refractivity contribution in [3.8, 4) is 5.69 Å². The molecule has 0 saturated heterocycles. The van der Waals surface area contributed by atoms with Gasteiger partial charge in [0.25, 0.3) is 11.5 Å². The summed E-state index contributed by atoms with van der Waals surface area (Å²) >= 11 is 6.21. The van der Waals surface area contributed by atoms with Crippen LogP contribution in [0.1, 0.15) is 47.5 Å². The van der Waals surface area contributed by atoms with E-state index >= 15 is 0 Å². The molecule has 0 spiro atoms. The van der Waals surface area contributed by atoms with E-state index in [0.29, 0.717) is 17.2 Å². The van der Waals surface area contributed by atoms with Gasteiger partial charge in [0, 0.05) is 18.0 Å². The van der Waals surface area contributed by atoms with Crippen LogP contribution in [0.25, 0.3) is 5.69 Å². The van der Waals surface area contributed by atoms with Crippen LogP contribution in [0.15, 0.2) is 59.8 Å². The van der Waals surface area contributed by atoms with Crippen LogP contribution in [-0.4, -0.2) is 20.7 Å². The molecule has 2 aromatic heterocycles. The van der Waals surface area contributed by atoms with Gasteiger partial charge in [-0.05, 0) is 48.6 Å². The maximum Gasteiger partial charge on any atom is 0.292 e. The molecule has 1 saturated carbocycles. The van der Waals surface area contributed by atoms with Crippen LogP contribution in [0.5, 0.6) is 0 Å². The van der Waals surface area contributed by atoms with Gasteiger partial charge < -0.3 is 5.32 Å². The Labute approximate surface area is 167 Å². The molecule has 6 nitrogen and oxygen atoms in total. The number of carbonyl (C=O) groups excluding carboxylic acids is 1. The summed E-state index contributed by atoms with van der Waals surface area (Å²) < 4.78 is 1.24. The first-order chi connectivity index (χ1) is 13.6. The first-order valence-electron chi connectivity index (χ1n) is 9.23. The second kappa shape index (κ2) is 7.94. The monoisotopic (exact) mass is 394 g/mol. The van der Waals surface area contributed by atoms with E-state index in [2.05, 4.69) is 15.4 Å². The summed E-state index contributed by atoms with van der Waals surface area (Å²) in [7, 11) is 0. The lowest BCUT2D eigenvalue weighted by Crippen LogP contribution is -2.24. The topological polar surface area (TPSA) is 76.9 Å². The van der Waals surface area contributed by atoms with E-state index in [1.54, 1.807) is 12.1 Å². The van der Waals surface area contributed by atoms with Crippen molar-refractivity contribution in [1.29, 1.82) is 0 Å². The van der Waals surface area contributed by atoms with E-state index in [1.165, 1.54) is 54.5 Å². The van der Waals surface area contributed by atoms with Crippen LogP contribution >= 0.6 is 11.6 Å². The van der Waals surface area contributed by atoms with E-state index in [-0.39, 0.29) is 16.6 Å². The van der Waals surface area contributed by atoms with Gasteiger partial charge in [0.1, 0.15) is 5.02 Å². The molecule has 0 atom stereocenters. The quantitative estimate of drug-likeness (QED) is 0.719. The highest BCUT2D eigenvalue weighted by Gasteiger charge is 2.18. The third-order valence-electron chi connectivity index (χ3n) is 5.07. The van der Waals surface area contributed by atoms with Crippen LogP contribution in [0, 0.1) is 0 Å². The zero-order valence-corrected chi connectivity index (χ0v) is 15.9. The first-order valence-corrected chi connectivity index (χ1v) is 9.61. The number of halogens is 1. The molecule has 1 aliphatic rings. The molecule has 28 heavy (non-hydrogen) atoms. The Balaban J connectivity index is 1.57. The van der Waals surface area contributed by atoms with Gasteiger partial charge in [-0.2, -0.15) is 9.78 Å². The molecule has 1 aromatic carbocycles. The van der Waals surface area contributed by atoms with Gasteiger partial charge in [0.05, 0.1) is 17.6 Å². The molecule has 7 heteroatoms.